The van der Waals surface area contributed by atoms with E-state index in [1.165, 1.54) is 0 Å². The molecule has 1 aliphatic heterocycles. The number of hydrazone groups is 1. The van der Waals surface area contributed by atoms with Gasteiger partial charge in [0.1, 0.15) is 0 Å². The van der Waals surface area contributed by atoms with E-state index in [1.54, 1.807) is 11.9 Å². The van der Waals surface area contributed by atoms with E-state index in [4.69, 9.17) is 0 Å². The minimum absolute atomic E-state index is 0.536. The molecule has 0 spiro atoms. The van der Waals surface area contributed by atoms with Crippen molar-refractivity contribution in [3.8, 4) is 0 Å². The second-order valence-corrected chi connectivity index (χ2v) is 2.36. The Morgan fingerprint density at radius 1 is 1.82 bits per heavy atom. The summed E-state index contributed by atoms with van der Waals surface area (Å²) in [5.41, 5.74) is 0. The smallest absolute Gasteiger partial charge is 0.192 e. The van der Waals surface area contributed by atoms with Crippen molar-refractivity contribution < 1.29 is 5.03 Å². The topological polar surface area (TPSA) is 70.8 Å². The first kappa shape index (κ1) is 7.93. The minimum Gasteiger partial charge on any atom is -0.345 e. The van der Waals surface area contributed by atoms with Crippen LogP contribution in [0.15, 0.2) is 5.10 Å². The number of nitro groups is 1. The maximum absolute atomic E-state index is 9.98. The first-order valence-electron chi connectivity index (χ1n) is 3.34. The highest BCUT2D eigenvalue weighted by Crippen LogP contribution is 1.97. The van der Waals surface area contributed by atoms with Crippen LogP contribution in [0.3, 0.4) is 0 Å². The summed E-state index contributed by atoms with van der Waals surface area (Å²) in [6, 6.07) is 0. The minimum atomic E-state index is -0.656. The number of nitrogens with zero attached hydrogens (tertiary/aromatic N) is 3. The lowest BCUT2D eigenvalue weighted by molar-refractivity contribution is -0.485. The predicted octanol–water partition coefficient (Wildman–Crippen LogP) is -0.541. The maximum atomic E-state index is 9.98. The molecule has 0 aromatic carbocycles. The van der Waals surface area contributed by atoms with Crippen LogP contribution in [0.4, 0.5) is 0 Å². The summed E-state index contributed by atoms with van der Waals surface area (Å²) in [7, 11) is 1.77. The van der Waals surface area contributed by atoms with E-state index in [9.17, 15) is 10.1 Å². The molecule has 11 heavy (non-hydrogen) atoms. The molecule has 6 heteroatoms. The summed E-state index contributed by atoms with van der Waals surface area (Å²) in [4.78, 5) is 11.7. The summed E-state index contributed by atoms with van der Waals surface area (Å²) in [6.45, 7) is 1.39. The zero-order chi connectivity index (χ0) is 8.27. The fraction of sp³-hybridized carbons (Fsp3) is 0.800. The molecule has 0 unspecified atom stereocenters. The third-order valence-corrected chi connectivity index (χ3v) is 1.51. The molecule has 1 fully saturated rings. The van der Waals surface area contributed by atoms with Crippen molar-refractivity contribution in [3.63, 3.8) is 0 Å². The number of rotatable bonds is 1. The van der Waals surface area contributed by atoms with Gasteiger partial charge in [0, 0.05) is 20.0 Å². The van der Waals surface area contributed by atoms with Crippen molar-refractivity contribution in [1.82, 2.24) is 10.2 Å². The molecule has 1 saturated heterocycles. The van der Waals surface area contributed by atoms with Gasteiger partial charge < -0.3 is 4.90 Å². The lowest BCUT2D eigenvalue weighted by Gasteiger charge is -2.24. The Hall–Kier alpha value is -1.17. The van der Waals surface area contributed by atoms with Gasteiger partial charge >= 0.3 is 0 Å². The van der Waals surface area contributed by atoms with Gasteiger partial charge in [0.05, 0.1) is 11.8 Å². The average Bonchev–Trinajstić information content (AvgIpc) is 1.93. The lowest BCUT2D eigenvalue weighted by atomic mass is 10.3. The Bertz CT molecular complexity index is 191. The van der Waals surface area contributed by atoms with E-state index >= 15 is 0 Å². The van der Waals surface area contributed by atoms with Gasteiger partial charge in [0.2, 0.25) is 0 Å². The molecule has 6 nitrogen and oxygen atoms in total. The Morgan fingerprint density at radius 2 is 2.55 bits per heavy atom. The Morgan fingerprint density at radius 3 is 3.09 bits per heavy atom. The molecule has 1 heterocycles. The average molecular weight is 158 g/mol. The summed E-state index contributed by atoms with van der Waals surface area (Å²) in [5.74, 6) is 0.536. The fourth-order valence-corrected chi connectivity index (χ4v) is 0.950. The van der Waals surface area contributed by atoms with Gasteiger partial charge in [-0.1, -0.05) is 0 Å². The molecular weight excluding hydrogens is 148 g/mol. The fourth-order valence-electron chi connectivity index (χ4n) is 0.950. The quantitative estimate of drug-likeness (QED) is 0.411. The Balaban J connectivity index is 2.60. The van der Waals surface area contributed by atoms with Crippen LogP contribution in [0, 0.1) is 10.1 Å². The van der Waals surface area contributed by atoms with E-state index in [0.29, 0.717) is 18.9 Å². The molecule has 1 N–H and O–H groups in total. The van der Waals surface area contributed by atoms with E-state index in [-0.39, 0.29) is 0 Å². The molecule has 62 valence electrons. The van der Waals surface area contributed by atoms with Crippen LogP contribution in [0.25, 0.3) is 0 Å². The molecule has 1 aliphatic rings. The molecule has 0 amide bonds. The molecule has 0 atom stereocenters. The number of hydrogen-bond acceptors (Lipinski definition) is 3. The van der Waals surface area contributed by atoms with Crippen molar-refractivity contribution in [3.05, 3.63) is 10.1 Å². The van der Waals surface area contributed by atoms with Crippen LogP contribution in [-0.2, 0) is 0 Å². The lowest BCUT2D eigenvalue weighted by Crippen LogP contribution is -2.43. The van der Waals surface area contributed by atoms with Gasteiger partial charge in [-0.25, -0.2) is 10.1 Å². The van der Waals surface area contributed by atoms with Gasteiger partial charge in [-0.15, -0.1) is 0 Å². The third kappa shape index (κ3) is 2.15. The Labute approximate surface area is 64.0 Å². The van der Waals surface area contributed by atoms with E-state index in [1.807, 2.05) is 0 Å². The van der Waals surface area contributed by atoms with E-state index < -0.39 is 5.03 Å². The molecule has 0 radical (unpaired) electrons. The summed E-state index contributed by atoms with van der Waals surface area (Å²) >= 11 is 0. The van der Waals surface area contributed by atoms with Crippen LogP contribution in [0.5, 0.6) is 0 Å². The summed E-state index contributed by atoms with van der Waals surface area (Å²) in [5, 5.41) is 15.6. The second-order valence-electron chi connectivity index (χ2n) is 2.36. The van der Waals surface area contributed by atoms with Crippen LogP contribution in [0.2, 0.25) is 0 Å². The van der Waals surface area contributed by atoms with Crippen molar-refractivity contribution in [2.24, 2.45) is 5.10 Å². The molecule has 0 aromatic rings. The number of amidine groups is 1. The van der Waals surface area contributed by atoms with Crippen LogP contribution >= 0.6 is 0 Å². The van der Waals surface area contributed by atoms with Crippen molar-refractivity contribution in [1.29, 1.82) is 0 Å². The largest absolute Gasteiger partial charge is 0.345 e. The summed E-state index contributed by atoms with van der Waals surface area (Å²) in [6.07, 6.45) is 0.622. The zero-order valence-electron chi connectivity index (χ0n) is 6.28. The van der Waals surface area contributed by atoms with Crippen molar-refractivity contribution >= 4 is 5.84 Å². The summed E-state index contributed by atoms with van der Waals surface area (Å²) < 4.78 is 0. The molecular formula is C5H10N4O2. The predicted molar refractivity (Wildman–Crippen MR) is 39.7 cm³/mol. The molecule has 0 bridgehead atoms. The Kier molecular flexibility index (Phi) is 2.37. The second kappa shape index (κ2) is 3.29. The van der Waals surface area contributed by atoms with Crippen molar-refractivity contribution in [2.45, 2.75) is 6.42 Å². The van der Waals surface area contributed by atoms with Gasteiger partial charge in [-0.05, 0) is 0 Å². The normalized spacial score (nSPS) is 22.3. The SMILES string of the molecule is CN1CNCC/C1=N\[N+](=O)[O-]. The van der Waals surface area contributed by atoms with Gasteiger partial charge in [0.25, 0.3) is 0 Å². The maximum Gasteiger partial charge on any atom is 0.192 e. The van der Waals surface area contributed by atoms with Gasteiger partial charge in [-0.2, -0.15) is 0 Å². The monoisotopic (exact) mass is 158 g/mol. The van der Waals surface area contributed by atoms with Crippen LogP contribution in [0.1, 0.15) is 6.42 Å². The van der Waals surface area contributed by atoms with Gasteiger partial charge in [0.15, 0.2) is 10.9 Å². The molecule has 0 aromatic heterocycles. The first-order valence-corrected chi connectivity index (χ1v) is 3.34. The first-order chi connectivity index (χ1) is 5.20. The molecule has 0 saturated carbocycles. The molecule has 1 rings (SSSR count). The van der Waals surface area contributed by atoms with E-state index in [2.05, 4.69) is 10.4 Å². The highest BCUT2D eigenvalue weighted by atomic mass is 16.7. The van der Waals surface area contributed by atoms with Crippen LogP contribution in [-0.4, -0.2) is 36.0 Å². The zero-order valence-corrected chi connectivity index (χ0v) is 6.28. The van der Waals surface area contributed by atoms with Crippen molar-refractivity contribution in [2.75, 3.05) is 20.3 Å². The third-order valence-electron chi connectivity index (χ3n) is 1.51. The molecule has 0 aliphatic carbocycles. The highest BCUT2D eigenvalue weighted by Gasteiger charge is 2.14. The standard InChI is InChI=1S/C5H10N4O2/c1-8-4-6-3-2-5(8)7-9(10)11/h6H,2-4H2,1H3/b7-5+. The van der Waals surface area contributed by atoms with E-state index in [0.717, 1.165) is 6.54 Å². The highest BCUT2D eigenvalue weighted by molar-refractivity contribution is 5.82. The van der Waals surface area contributed by atoms with Crippen LogP contribution < -0.4 is 5.32 Å². The number of nitrogens with one attached hydrogen (secondary N) is 1. The number of hydrogen-bond donors (Lipinski definition) is 1. The van der Waals surface area contributed by atoms with Gasteiger partial charge in [-0.3, -0.25) is 5.32 Å².